The largest absolute Gasteiger partial charge is 0.372 e. The SMILES string of the molecule is CNc1nc(C)c(-c2ccc(Br)cc2)cc1C#N. The number of aromatic nitrogens is 1. The zero-order chi connectivity index (χ0) is 13.1. The molecular formula is C14H12BrN3. The van der Waals surface area contributed by atoms with Gasteiger partial charge in [-0.25, -0.2) is 4.98 Å². The van der Waals surface area contributed by atoms with Crippen LogP contribution in [0.2, 0.25) is 0 Å². The maximum atomic E-state index is 9.12. The summed E-state index contributed by atoms with van der Waals surface area (Å²) in [5.41, 5.74) is 3.50. The third-order valence-electron chi connectivity index (χ3n) is 2.73. The monoisotopic (exact) mass is 301 g/mol. The summed E-state index contributed by atoms with van der Waals surface area (Å²) in [4.78, 5) is 4.42. The average molecular weight is 302 g/mol. The van der Waals surface area contributed by atoms with Gasteiger partial charge in [0, 0.05) is 22.8 Å². The van der Waals surface area contributed by atoms with Crippen LogP contribution in [0.25, 0.3) is 11.1 Å². The molecule has 1 N–H and O–H groups in total. The molecule has 0 amide bonds. The van der Waals surface area contributed by atoms with Gasteiger partial charge < -0.3 is 5.32 Å². The molecule has 0 atom stereocenters. The van der Waals surface area contributed by atoms with Crippen LogP contribution in [0, 0.1) is 18.3 Å². The van der Waals surface area contributed by atoms with Crippen molar-refractivity contribution in [3.05, 3.63) is 46.1 Å². The predicted molar refractivity (Wildman–Crippen MR) is 76.4 cm³/mol. The lowest BCUT2D eigenvalue weighted by Crippen LogP contribution is -1.99. The number of hydrogen-bond donors (Lipinski definition) is 1. The van der Waals surface area contributed by atoms with E-state index in [4.69, 9.17) is 5.26 Å². The van der Waals surface area contributed by atoms with E-state index < -0.39 is 0 Å². The van der Waals surface area contributed by atoms with Crippen LogP contribution < -0.4 is 5.32 Å². The van der Waals surface area contributed by atoms with Crippen molar-refractivity contribution in [3.63, 3.8) is 0 Å². The summed E-state index contributed by atoms with van der Waals surface area (Å²) >= 11 is 3.41. The molecule has 2 rings (SSSR count). The van der Waals surface area contributed by atoms with Crippen molar-refractivity contribution in [1.82, 2.24) is 4.98 Å². The number of benzene rings is 1. The van der Waals surface area contributed by atoms with Crippen molar-refractivity contribution < 1.29 is 0 Å². The standard InChI is InChI=1S/C14H12BrN3/c1-9-13(10-3-5-12(15)6-4-10)7-11(8-16)14(17-2)18-9/h3-7H,1-2H3,(H,17,18). The number of hydrogen-bond acceptors (Lipinski definition) is 3. The summed E-state index contributed by atoms with van der Waals surface area (Å²) < 4.78 is 1.03. The summed E-state index contributed by atoms with van der Waals surface area (Å²) in [6, 6.07) is 12.0. The Labute approximate surface area is 115 Å². The van der Waals surface area contributed by atoms with Crippen LogP contribution in [0.4, 0.5) is 5.82 Å². The van der Waals surface area contributed by atoms with Crippen LogP contribution >= 0.6 is 15.9 Å². The number of nitriles is 1. The minimum atomic E-state index is 0.556. The van der Waals surface area contributed by atoms with Crippen LogP contribution in [0.1, 0.15) is 11.3 Å². The molecule has 90 valence electrons. The Morgan fingerprint density at radius 2 is 1.94 bits per heavy atom. The van der Waals surface area contributed by atoms with E-state index in [1.165, 1.54) is 0 Å². The number of nitrogens with zero attached hydrogens (tertiary/aromatic N) is 2. The minimum Gasteiger partial charge on any atom is -0.372 e. The molecule has 0 fully saturated rings. The van der Waals surface area contributed by atoms with E-state index >= 15 is 0 Å². The highest BCUT2D eigenvalue weighted by Gasteiger charge is 2.09. The maximum absolute atomic E-state index is 9.12. The molecule has 1 heterocycles. The summed E-state index contributed by atoms with van der Waals surface area (Å²) in [5, 5.41) is 12.1. The van der Waals surface area contributed by atoms with Crippen molar-refractivity contribution in [3.8, 4) is 17.2 Å². The molecule has 4 heteroatoms. The van der Waals surface area contributed by atoms with Crippen LogP contribution in [-0.2, 0) is 0 Å². The molecule has 0 radical (unpaired) electrons. The number of pyridine rings is 1. The molecule has 0 bridgehead atoms. The molecular weight excluding hydrogens is 290 g/mol. The molecule has 0 saturated heterocycles. The molecule has 18 heavy (non-hydrogen) atoms. The van der Waals surface area contributed by atoms with Gasteiger partial charge in [0.25, 0.3) is 0 Å². The van der Waals surface area contributed by atoms with E-state index in [1.54, 1.807) is 7.05 Å². The summed E-state index contributed by atoms with van der Waals surface area (Å²) in [5.74, 6) is 0.621. The second kappa shape index (κ2) is 5.19. The highest BCUT2D eigenvalue weighted by molar-refractivity contribution is 9.10. The Morgan fingerprint density at radius 1 is 1.28 bits per heavy atom. The smallest absolute Gasteiger partial charge is 0.143 e. The first-order valence-electron chi connectivity index (χ1n) is 5.51. The van der Waals surface area contributed by atoms with Crippen molar-refractivity contribution in [2.45, 2.75) is 6.92 Å². The normalized spacial score (nSPS) is 9.89. The van der Waals surface area contributed by atoms with Crippen molar-refractivity contribution in [1.29, 1.82) is 5.26 Å². The van der Waals surface area contributed by atoms with Gasteiger partial charge >= 0.3 is 0 Å². The summed E-state index contributed by atoms with van der Waals surface area (Å²) in [6.07, 6.45) is 0. The summed E-state index contributed by atoms with van der Waals surface area (Å²) in [6.45, 7) is 1.94. The van der Waals surface area contributed by atoms with Gasteiger partial charge in [-0.1, -0.05) is 28.1 Å². The van der Waals surface area contributed by atoms with Crippen molar-refractivity contribution in [2.75, 3.05) is 12.4 Å². The van der Waals surface area contributed by atoms with Crippen LogP contribution in [0.5, 0.6) is 0 Å². The van der Waals surface area contributed by atoms with E-state index in [9.17, 15) is 0 Å². The molecule has 0 aliphatic rings. The quantitative estimate of drug-likeness (QED) is 0.919. The summed E-state index contributed by atoms with van der Waals surface area (Å²) in [7, 11) is 1.77. The van der Waals surface area contributed by atoms with Crippen LogP contribution in [0.15, 0.2) is 34.8 Å². The van der Waals surface area contributed by atoms with Gasteiger partial charge in [0.15, 0.2) is 0 Å². The molecule has 0 saturated carbocycles. The molecule has 1 aromatic carbocycles. The fourth-order valence-corrected chi connectivity index (χ4v) is 2.07. The lowest BCUT2D eigenvalue weighted by atomic mass is 10.0. The third-order valence-corrected chi connectivity index (χ3v) is 3.25. The number of halogens is 1. The van der Waals surface area contributed by atoms with E-state index in [0.29, 0.717) is 11.4 Å². The fourth-order valence-electron chi connectivity index (χ4n) is 1.80. The lowest BCUT2D eigenvalue weighted by Gasteiger charge is -2.09. The van der Waals surface area contributed by atoms with Gasteiger partial charge in [-0.15, -0.1) is 0 Å². The topological polar surface area (TPSA) is 48.7 Å². The second-order valence-electron chi connectivity index (χ2n) is 3.89. The molecule has 0 spiro atoms. The molecule has 2 aromatic rings. The van der Waals surface area contributed by atoms with Gasteiger partial charge in [-0.3, -0.25) is 0 Å². The number of aryl methyl sites for hydroxylation is 1. The van der Waals surface area contributed by atoms with Crippen molar-refractivity contribution in [2.24, 2.45) is 0 Å². The van der Waals surface area contributed by atoms with Gasteiger partial charge in [0.05, 0.1) is 5.56 Å². The highest BCUT2D eigenvalue weighted by atomic mass is 79.9. The van der Waals surface area contributed by atoms with Gasteiger partial charge in [-0.05, 0) is 30.7 Å². The zero-order valence-electron chi connectivity index (χ0n) is 10.2. The van der Waals surface area contributed by atoms with Gasteiger partial charge in [-0.2, -0.15) is 5.26 Å². The molecule has 3 nitrogen and oxygen atoms in total. The Morgan fingerprint density at radius 3 is 2.50 bits per heavy atom. The Hall–Kier alpha value is -1.86. The number of rotatable bonds is 2. The first kappa shape index (κ1) is 12.6. The first-order valence-corrected chi connectivity index (χ1v) is 6.30. The zero-order valence-corrected chi connectivity index (χ0v) is 11.7. The predicted octanol–water partition coefficient (Wildman–Crippen LogP) is 3.73. The van der Waals surface area contributed by atoms with Crippen LogP contribution in [-0.4, -0.2) is 12.0 Å². The fraction of sp³-hybridized carbons (Fsp3) is 0.143. The molecule has 0 unspecified atom stereocenters. The Balaban J connectivity index is 2.58. The molecule has 1 aromatic heterocycles. The minimum absolute atomic E-state index is 0.556. The molecule has 0 aliphatic carbocycles. The molecule has 0 aliphatic heterocycles. The lowest BCUT2D eigenvalue weighted by molar-refractivity contribution is 1.18. The Bertz CT molecular complexity index is 612. The van der Waals surface area contributed by atoms with Gasteiger partial charge in [0.1, 0.15) is 11.9 Å². The van der Waals surface area contributed by atoms with E-state index in [2.05, 4.69) is 32.3 Å². The van der Waals surface area contributed by atoms with E-state index in [-0.39, 0.29) is 0 Å². The third kappa shape index (κ3) is 2.36. The van der Waals surface area contributed by atoms with E-state index in [1.807, 2.05) is 37.3 Å². The highest BCUT2D eigenvalue weighted by Crippen LogP contribution is 2.27. The number of anilines is 1. The van der Waals surface area contributed by atoms with Crippen LogP contribution in [0.3, 0.4) is 0 Å². The second-order valence-corrected chi connectivity index (χ2v) is 4.80. The Kier molecular flexibility index (Phi) is 3.63. The van der Waals surface area contributed by atoms with Crippen molar-refractivity contribution >= 4 is 21.7 Å². The average Bonchev–Trinajstić information content (AvgIpc) is 2.39. The maximum Gasteiger partial charge on any atom is 0.143 e. The first-order chi connectivity index (χ1) is 8.65. The van der Waals surface area contributed by atoms with Gasteiger partial charge in [0.2, 0.25) is 0 Å². The van der Waals surface area contributed by atoms with E-state index in [0.717, 1.165) is 21.3 Å². The number of nitrogens with one attached hydrogen (secondary N) is 1.